The molecule has 0 atom stereocenters. The van der Waals surface area contributed by atoms with Gasteiger partial charge in [0.25, 0.3) is 11.5 Å². The number of carbonyl (C=O) groups excluding carboxylic acids is 2. The van der Waals surface area contributed by atoms with Crippen LogP contribution in [0.25, 0.3) is 11.3 Å². The van der Waals surface area contributed by atoms with E-state index < -0.39 is 11.5 Å². The number of hydrogen-bond donors (Lipinski definition) is 6. The van der Waals surface area contributed by atoms with Gasteiger partial charge in [0.05, 0.1) is 18.5 Å². The number of ether oxygens (including phenoxy) is 3. The first-order valence-corrected chi connectivity index (χ1v) is 15.6. The molecule has 2 aromatic carbocycles. The number of nitrogens with zero attached hydrogens (tertiary/aromatic N) is 2. The minimum atomic E-state index is -0.494. The molecule has 1 heterocycles. The van der Waals surface area contributed by atoms with E-state index in [1.165, 1.54) is 10.8 Å². The zero-order valence-electron chi connectivity index (χ0n) is 27.3. The van der Waals surface area contributed by atoms with Crippen LogP contribution in [0.15, 0.2) is 53.5 Å². The maximum absolute atomic E-state index is 13.5. The molecule has 0 radical (unpaired) electrons. The number of rotatable bonds is 20. The van der Waals surface area contributed by atoms with Crippen LogP contribution in [0.2, 0.25) is 0 Å². The Morgan fingerprint density at radius 2 is 1.70 bits per heavy atom. The fourth-order valence-electron chi connectivity index (χ4n) is 4.43. The maximum atomic E-state index is 13.5. The SMILES string of the molecule is CCOCOCCCOCCCNC(=O)c1cc(N)cc(-c2cnc(NC(C)C)c(=O)n2CC(=O)NCc2ccc(C(=N)N)cc2)c1. The number of benzene rings is 2. The molecular weight excluding hydrogens is 604 g/mol. The normalized spacial score (nSPS) is 11.0. The number of amides is 2. The minimum Gasteiger partial charge on any atom is -0.399 e. The molecule has 3 rings (SSSR count). The van der Waals surface area contributed by atoms with E-state index in [1.54, 1.807) is 42.5 Å². The lowest BCUT2D eigenvalue weighted by molar-refractivity contribution is -0.121. The van der Waals surface area contributed by atoms with Crippen molar-refractivity contribution in [2.24, 2.45) is 5.73 Å². The predicted molar refractivity (Wildman–Crippen MR) is 181 cm³/mol. The second kappa shape index (κ2) is 19.0. The van der Waals surface area contributed by atoms with Crippen LogP contribution >= 0.6 is 0 Å². The number of amidine groups is 1. The summed E-state index contributed by atoms with van der Waals surface area (Å²) in [7, 11) is 0. The molecule has 14 heteroatoms. The molecule has 0 saturated carbocycles. The van der Waals surface area contributed by atoms with Crippen LogP contribution in [-0.2, 0) is 32.1 Å². The van der Waals surface area contributed by atoms with Crippen molar-refractivity contribution in [3.63, 3.8) is 0 Å². The zero-order valence-corrected chi connectivity index (χ0v) is 27.3. The third-order valence-corrected chi connectivity index (χ3v) is 6.75. The number of hydrogen-bond acceptors (Lipinski definition) is 10. The van der Waals surface area contributed by atoms with Gasteiger partial charge in [-0.15, -0.1) is 0 Å². The van der Waals surface area contributed by atoms with Gasteiger partial charge in [-0.1, -0.05) is 24.3 Å². The molecule has 0 spiro atoms. The maximum Gasteiger partial charge on any atom is 0.294 e. The van der Waals surface area contributed by atoms with Crippen molar-refractivity contribution in [2.75, 3.05) is 50.8 Å². The van der Waals surface area contributed by atoms with Gasteiger partial charge in [-0.2, -0.15) is 0 Å². The van der Waals surface area contributed by atoms with Gasteiger partial charge in [-0.05, 0) is 57.4 Å². The molecule has 0 aliphatic rings. The van der Waals surface area contributed by atoms with E-state index in [4.69, 9.17) is 31.1 Å². The molecule has 0 bridgehead atoms. The smallest absolute Gasteiger partial charge is 0.294 e. The standard InChI is InChI=1S/C33H46N8O6/c1-4-45-21-47-14-6-13-46-12-5-11-37-32(43)26-15-25(16-27(34)17-26)28-19-39-31(40-22(2)3)33(44)41(28)20-29(42)38-18-23-7-9-24(10-8-23)30(35)36/h7-10,15-17,19,22H,4-6,11-14,18,20-21,34H2,1-3H3,(H3,35,36)(H,37,43)(H,38,42)(H,39,40). The minimum absolute atomic E-state index is 0.0464. The lowest BCUT2D eigenvalue weighted by atomic mass is 10.1. The first-order chi connectivity index (χ1) is 22.6. The Bertz CT molecular complexity index is 1540. The average molecular weight is 651 g/mol. The van der Waals surface area contributed by atoms with Crippen molar-refractivity contribution in [3.05, 3.63) is 75.7 Å². The van der Waals surface area contributed by atoms with Crippen LogP contribution < -0.4 is 33.0 Å². The molecule has 8 N–H and O–H groups in total. The third kappa shape index (κ3) is 12.2. The Morgan fingerprint density at radius 1 is 0.979 bits per heavy atom. The van der Waals surface area contributed by atoms with Crippen LogP contribution in [0.3, 0.4) is 0 Å². The van der Waals surface area contributed by atoms with Gasteiger partial charge in [-0.25, -0.2) is 4.98 Å². The molecular formula is C33H46N8O6. The number of aromatic nitrogens is 2. The van der Waals surface area contributed by atoms with Crippen molar-refractivity contribution < 1.29 is 23.8 Å². The van der Waals surface area contributed by atoms with Crippen molar-refractivity contribution in [2.45, 2.75) is 52.7 Å². The van der Waals surface area contributed by atoms with Crippen molar-refractivity contribution >= 4 is 29.2 Å². The number of nitrogens with two attached hydrogens (primary N) is 2. The van der Waals surface area contributed by atoms with E-state index in [1.807, 2.05) is 20.8 Å². The van der Waals surface area contributed by atoms with Gasteiger partial charge in [-0.3, -0.25) is 24.4 Å². The summed E-state index contributed by atoms with van der Waals surface area (Å²) >= 11 is 0. The van der Waals surface area contributed by atoms with Crippen LogP contribution in [0.1, 0.15) is 55.1 Å². The number of carbonyl (C=O) groups is 2. The Morgan fingerprint density at radius 3 is 2.40 bits per heavy atom. The summed E-state index contributed by atoms with van der Waals surface area (Å²) in [6.07, 6.45) is 2.84. The number of anilines is 2. The fraction of sp³-hybridized carbons (Fsp3) is 0.424. The number of nitrogens with one attached hydrogen (secondary N) is 4. The van der Waals surface area contributed by atoms with Crippen LogP contribution in [0.5, 0.6) is 0 Å². The van der Waals surface area contributed by atoms with Gasteiger partial charge in [0.2, 0.25) is 5.91 Å². The lowest BCUT2D eigenvalue weighted by Crippen LogP contribution is -2.35. The van der Waals surface area contributed by atoms with Crippen molar-refractivity contribution in [1.82, 2.24) is 20.2 Å². The van der Waals surface area contributed by atoms with E-state index in [2.05, 4.69) is 20.9 Å². The topological polar surface area (TPSA) is 209 Å². The lowest BCUT2D eigenvalue weighted by Gasteiger charge is -2.17. The van der Waals surface area contributed by atoms with Crippen molar-refractivity contribution in [1.29, 1.82) is 5.41 Å². The van der Waals surface area contributed by atoms with E-state index >= 15 is 0 Å². The molecule has 0 fully saturated rings. The molecule has 0 saturated heterocycles. The Hall–Kier alpha value is -4.79. The summed E-state index contributed by atoms with van der Waals surface area (Å²) in [6.45, 7) is 8.42. The first-order valence-electron chi connectivity index (χ1n) is 15.6. The largest absolute Gasteiger partial charge is 0.399 e. The predicted octanol–water partition coefficient (Wildman–Crippen LogP) is 2.45. The summed E-state index contributed by atoms with van der Waals surface area (Å²) in [5.74, 6) is -0.697. The highest BCUT2D eigenvalue weighted by atomic mass is 16.7. The van der Waals surface area contributed by atoms with Gasteiger partial charge in [0.15, 0.2) is 5.82 Å². The Labute approximate surface area is 274 Å². The van der Waals surface area contributed by atoms with Gasteiger partial charge in [0.1, 0.15) is 19.2 Å². The molecule has 1 aromatic heterocycles. The Balaban J connectivity index is 1.68. The number of nitrogen functional groups attached to an aromatic ring is 2. The van der Waals surface area contributed by atoms with Gasteiger partial charge in [0, 0.05) is 61.3 Å². The van der Waals surface area contributed by atoms with E-state index in [9.17, 15) is 14.4 Å². The highest BCUT2D eigenvalue weighted by molar-refractivity contribution is 5.96. The second-order valence-electron chi connectivity index (χ2n) is 11.0. The molecule has 3 aromatic rings. The monoisotopic (exact) mass is 650 g/mol. The summed E-state index contributed by atoms with van der Waals surface area (Å²) in [6, 6.07) is 11.6. The van der Waals surface area contributed by atoms with E-state index in [0.29, 0.717) is 67.5 Å². The zero-order chi connectivity index (χ0) is 34.2. The highest BCUT2D eigenvalue weighted by Crippen LogP contribution is 2.23. The van der Waals surface area contributed by atoms with Crippen LogP contribution in [0.4, 0.5) is 11.5 Å². The molecule has 2 amide bonds. The van der Waals surface area contributed by atoms with E-state index in [0.717, 1.165) is 12.0 Å². The molecule has 0 unspecified atom stereocenters. The Kier molecular flexibility index (Phi) is 14.8. The second-order valence-corrected chi connectivity index (χ2v) is 11.0. The summed E-state index contributed by atoms with van der Waals surface area (Å²) in [4.78, 5) is 43.9. The fourth-order valence-corrected chi connectivity index (χ4v) is 4.43. The van der Waals surface area contributed by atoms with Crippen LogP contribution in [-0.4, -0.2) is 73.0 Å². The summed E-state index contributed by atoms with van der Waals surface area (Å²) < 4.78 is 17.3. The first kappa shape index (κ1) is 36.7. The molecule has 0 aliphatic heterocycles. The molecule has 0 aliphatic carbocycles. The molecule has 14 nitrogen and oxygen atoms in total. The third-order valence-electron chi connectivity index (χ3n) is 6.75. The molecule has 47 heavy (non-hydrogen) atoms. The van der Waals surface area contributed by atoms with Crippen LogP contribution in [0, 0.1) is 5.41 Å². The van der Waals surface area contributed by atoms with E-state index in [-0.39, 0.29) is 43.5 Å². The van der Waals surface area contributed by atoms with Crippen molar-refractivity contribution in [3.8, 4) is 11.3 Å². The summed E-state index contributed by atoms with van der Waals surface area (Å²) in [5, 5.41) is 16.2. The van der Waals surface area contributed by atoms with Gasteiger partial charge < -0.3 is 41.6 Å². The van der Waals surface area contributed by atoms with Gasteiger partial charge >= 0.3 is 0 Å². The average Bonchev–Trinajstić information content (AvgIpc) is 3.04. The quantitative estimate of drug-likeness (QED) is 0.0346. The molecule has 254 valence electrons. The summed E-state index contributed by atoms with van der Waals surface area (Å²) in [5.41, 5.74) is 14.0. The highest BCUT2D eigenvalue weighted by Gasteiger charge is 2.18.